The van der Waals surface area contributed by atoms with Crippen molar-refractivity contribution < 1.29 is 9.59 Å². The van der Waals surface area contributed by atoms with Crippen LogP contribution in [-0.2, 0) is 9.59 Å². The molecule has 0 saturated carbocycles. The molecule has 1 fully saturated rings. The van der Waals surface area contributed by atoms with Crippen LogP contribution in [0.25, 0.3) is 0 Å². The summed E-state index contributed by atoms with van der Waals surface area (Å²) < 4.78 is 0. The minimum absolute atomic E-state index is 0.0274. The van der Waals surface area contributed by atoms with E-state index in [0.717, 1.165) is 55.2 Å². The summed E-state index contributed by atoms with van der Waals surface area (Å²) in [5, 5.41) is 4.36. The maximum Gasteiger partial charge on any atom is 0.225 e. The van der Waals surface area contributed by atoms with Crippen LogP contribution in [0.4, 0.5) is 17.1 Å². The SMILES string of the molecule is CC(=O)N1c2ccc(N3CCN(C(=O)C(C)C)CC3)cc2C(Nc2ccc(Cl)cc2)CC1C. The quantitative estimate of drug-likeness (QED) is 0.690. The third-order valence-corrected chi connectivity index (χ3v) is 6.89. The summed E-state index contributed by atoms with van der Waals surface area (Å²) in [6.45, 7) is 10.7. The molecule has 1 N–H and O–H groups in total. The van der Waals surface area contributed by atoms with Crippen molar-refractivity contribution in [3.8, 4) is 0 Å². The Bertz CT molecular complexity index is 1020. The van der Waals surface area contributed by atoms with Gasteiger partial charge in [0.05, 0.1) is 6.04 Å². The normalized spacial score (nSPS) is 20.6. The molecule has 2 aliphatic rings. The van der Waals surface area contributed by atoms with E-state index < -0.39 is 0 Å². The highest BCUT2D eigenvalue weighted by atomic mass is 35.5. The molecule has 0 radical (unpaired) electrons. The molecule has 1 saturated heterocycles. The van der Waals surface area contributed by atoms with Gasteiger partial charge in [0, 0.05) is 72.7 Å². The number of nitrogens with zero attached hydrogens (tertiary/aromatic N) is 3. The Morgan fingerprint density at radius 1 is 1.03 bits per heavy atom. The van der Waals surface area contributed by atoms with E-state index in [1.807, 2.05) is 47.9 Å². The number of fused-ring (bicyclic) bond motifs is 1. The molecule has 2 aliphatic heterocycles. The number of carbonyl (C=O) groups is 2. The molecule has 4 rings (SSSR count). The second-order valence-corrected chi connectivity index (χ2v) is 9.82. The van der Waals surface area contributed by atoms with Crippen molar-refractivity contribution in [3.05, 3.63) is 53.1 Å². The summed E-state index contributed by atoms with van der Waals surface area (Å²) in [6.07, 6.45) is 0.815. The highest BCUT2D eigenvalue weighted by Crippen LogP contribution is 2.41. The van der Waals surface area contributed by atoms with Gasteiger partial charge in [0.1, 0.15) is 0 Å². The predicted octanol–water partition coefficient (Wildman–Crippen LogP) is 4.94. The summed E-state index contributed by atoms with van der Waals surface area (Å²) in [6, 6.07) is 14.3. The lowest BCUT2D eigenvalue weighted by molar-refractivity contribution is -0.134. The molecular formula is C26H33ClN4O2. The van der Waals surface area contributed by atoms with Crippen molar-refractivity contribution in [3.63, 3.8) is 0 Å². The number of rotatable bonds is 4. The summed E-state index contributed by atoms with van der Waals surface area (Å²) in [7, 11) is 0. The van der Waals surface area contributed by atoms with Crippen molar-refractivity contribution in [2.75, 3.05) is 41.3 Å². The minimum atomic E-state index is 0.0274. The molecule has 2 aromatic carbocycles. The summed E-state index contributed by atoms with van der Waals surface area (Å²) in [5.41, 5.74) is 4.22. The maximum absolute atomic E-state index is 12.5. The average molecular weight is 469 g/mol. The molecule has 6 nitrogen and oxygen atoms in total. The van der Waals surface area contributed by atoms with Gasteiger partial charge < -0.3 is 20.0 Å². The Kier molecular flexibility index (Phi) is 6.84. The molecule has 176 valence electrons. The third kappa shape index (κ3) is 4.96. The van der Waals surface area contributed by atoms with E-state index in [9.17, 15) is 9.59 Å². The first-order chi connectivity index (χ1) is 15.7. The monoisotopic (exact) mass is 468 g/mol. The van der Waals surface area contributed by atoms with Crippen LogP contribution in [0.5, 0.6) is 0 Å². The van der Waals surface area contributed by atoms with Gasteiger partial charge in [0.15, 0.2) is 0 Å². The first-order valence-electron chi connectivity index (χ1n) is 11.7. The van der Waals surface area contributed by atoms with Crippen molar-refractivity contribution in [2.45, 2.75) is 46.2 Å². The van der Waals surface area contributed by atoms with Gasteiger partial charge in [0.25, 0.3) is 0 Å². The molecule has 0 aliphatic carbocycles. The number of piperazine rings is 1. The van der Waals surface area contributed by atoms with Gasteiger partial charge in [-0.25, -0.2) is 0 Å². The minimum Gasteiger partial charge on any atom is -0.378 e. The largest absolute Gasteiger partial charge is 0.378 e. The lowest BCUT2D eigenvalue weighted by atomic mass is 9.90. The van der Waals surface area contributed by atoms with Crippen molar-refractivity contribution >= 4 is 40.5 Å². The number of hydrogen-bond donors (Lipinski definition) is 1. The number of benzene rings is 2. The zero-order valence-corrected chi connectivity index (χ0v) is 20.6. The second-order valence-electron chi connectivity index (χ2n) is 9.39. The van der Waals surface area contributed by atoms with E-state index >= 15 is 0 Å². The van der Waals surface area contributed by atoms with Gasteiger partial charge in [-0.1, -0.05) is 25.4 Å². The van der Waals surface area contributed by atoms with Gasteiger partial charge in [-0.2, -0.15) is 0 Å². The summed E-state index contributed by atoms with van der Waals surface area (Å²) in [5.74, 6) is 0.306. The highest BCUT2D eigenvalue weighted by molar-refractivity contribution is 6.30. The Morgan fingerprint density at radius 3 is 2.30 bits per heavy atom. The van der Waals surface area contributed by atoms with E-state index in [1.54, 1.807) is 6.92 Å². The first kappa shape index (κ1) is 23.4. The van der Waals surface area contributed by atoms with Crippen LogP contribution in [0.2, 0.25) is 5.02 Å². The van der Waals surface area contributed by atoms with Crippen molar-refractivity contribution in [2.24, 2.45) is 5.92 Å². The molecule has 7 heteroatoms. The Labute approximate surface area is 201 Å². The molecule has 33 heavy (non-hydrogen) atoms. The van der Waals surface area contributed by atoms with Crippen LogP contribution in [0.15, 0.2) is 42.5 Å². The fraction of sp³-hybridized carbons (Fsp3) is 0.462. The molecular weight excluding hydrogens is 436 g/mol. The van der Waals surface area contributed by atoms with E-state index in [4.69, 9.17) is 11.6 Å². The molecule has 2 atom stereocenters. The first-order valence-corrected chi connectivity index (χ1v) is 12.1. The Hall–Kier alpha value is -2.73. The average Bonchev–Trinajstić information content (AvgIpc) is 2.79. The van der Waals surface area contributed by atoms with Crippen LogP contribution in [0.3, 0.4) is 0 Å². The smallest absolute Gasteiger partial charge is 0.225 e. The number of carbonyl (C=O) groups excluding carboxylic acids is 2. The van der Waals surface area contributed by atoms with Gasteiger partial charge in [-0.15, -0.1) is 0 Å². The molecule has 2 amide bonds. The number of amides is 2. The fourth-order valence-electron chi connectivity index (χ4n) is 4.96. The lowest BCUT2D eigenvalue weighted by Gasteiger charge is -2.41. The fourth-order valence-corrected chi connectivity index (χ4v) is 5.09. The van der Waals surface area contributed by atoms with Crippen LogP contribution >= 0.6 is 11.6 Å². The maximum atomic E-state index is 12.5. The summed E-state index contributed by atoms with van der Waals surface area (Å²) >= 11 is 6.06. The van der Waals surface area contributed by atoms with E-state index in [2.05, 4.69) is 35.3 Å². The van der Waals surface area contributed by atoms with E-state index in [-0.39, 0.29) is 29.8 Å². The molecule has 2 aromatic rings. The number of anilines is 3. The molecule has 0 aromatic heterocycles. The molecule has 0 bridgehead atoms. The third-order valence-electron chi connectivity index (χ3n) is 6.64. The second kappa shape index (κ2) is 9.64. The van der Waals surface area contributed by atoms with Gasteiger partial charge in [-0.05, 0) is 55.8 Å². The highest BCUT2D eigenvalue weighted by Gasteiger charge is 2.33. The van der Waals surface area contributed by atoms with Gasteiger partial charge in [-0.3, -0.25) is 9.59 Å². The number of hydrogen-bond acceptors (Lipinski definition) is 4. The molecule has 0 spiro atoms. The molecule has 2 heterocycles. The van der Waals surface area contributed by atoms with E-state index in [1.165, 1.54) is 0 Å². The topological polar surface area (TPSA) is 55.9 Å². The van der Waals surface area contributed by atoms with Gasteiger partial charge in [0.2, 0.25) is 11.8 Å². The van der Waals surface area contributed by atoms with Gasteiger partial charge >= 0.3 is 0 Å². The summed E-state index contributed by atoms with van der Waals surface area (Å²) in [4.78, 5) is 31.0. The number of halogens is 1. The van der Waals surface area contributed by atoms with Crippen molar-refractivity contribution in [1.29, 1.82) is 0 Å². The van der Waals surface area contributed by atoms with E-state index in [0.29, 0.717) is 5.02 Å². The molecule has 2 unspecified atom stereocenters. The van der Waals surface area contributed by atoms with Crippen molar-refractivity contribution in [1.82, 2.24) is 4.90 Å². The van der Waals surface area contributed by atoms with Crippen LogP contribution in [0.1, 0.15) is 45.7 Å². The zero-order valence-electron chi connectivity index (χ0n) is 19.8. The predicted molar refractivity (Wildman–Crippen MR) is 135 cm³/mol. The lowest BCUT2D eigenvalue weighted by Crippen LogP contribution is -2.50. The Morgan fingerprint density at radius 2 is 1.70 bits per heavy atom. The number of nitrogens with one attached hydrogen (secondary N) is 1. The van der Waals surface area contributed by atoms with Crippen LogP contribution in [0, 0.1) is 5.92 Å². The van der Waals surface area contributed by atoms with Crippen LogP contribution < -0.4 is 15.1 Å². The Balaban J connectivity index is 1.60. The zero-order chi connectivity index (χ0) is 23.7. The van der Waals surface area contributed by atoms with Crippen LogP contribution in [-0.4, -0.2) is 48.9 Å². The standard InChI is InChI=1S/C26H33ClN4O2/c1-17(2)26(33)30-13-11-29(12-14-30)22-9-10-25-23(16-22)24(15-18(3)31(25)19(4)32)28-21-7-5-20(27)6-8-21/h5-10,16-18,24,28H,11-15H2,1-4H3.